The van der Waals surface area contributed by atoms with Crippen LogP contribution in [0, 0.1) is 0 Å². The number of aromatic hydroxyl groups is 2. The molecule has 138 valence electrons. The molecule has 0 aromatic heterocycles. The number of hydrogen-bond donors (Lipinski definition) is 3. The van der Waals surface area contributed by atoms with Crippen molar-refractivity contribution in [1.82, 2.24) is 4.48 Å². The molecule has 1 heterocycles. The number of hydrogen-bond acceptors (Lipinski definition) is 5. The standard InChI is InChI=1S/C21H14N2O5/c22-19(26)17-9-8-13(11-18(17)25)23(12-4-3-5-14(24)10-12)20(27)15-6-1-2-7-16(15)21(23)28/h1-11H,(H3-,22,24,25,26)/p+1. The first-order valence-electron chi connectivity index (χ1n) is 8.38. The fraction of sp³-hybridized carbons (Fsp3) is 0. The van der Waals surface area contributed by atoms with Crippen molar-refractivity contribution >= 4 is 29.1 Å². The quantitative estimate of drug-likeness (QED) is 0.481. The van der Waals surface area contributed by atoms with Crippen molar-refractivity contribution in [2.45, 2.75) is 0 Å². The van der Waals surface area contributed by atoms with Crippen LogP contribution in [-0.2, 0) is 0 Å². The minimum Gasteiger partial charge on any atom is -0.508 e. The third-order valence-corrected chi connectivity index (χ3v) is 4.85. The highest BCUT2D eigenvalue weighted by atomic mass is 16.3. The number of imide groups is 1. The molecule has 4 N–H and O–H groups in total. The van der Waals surface area contributed by atoms with Crippen LogP contribution in [0.3, 0.4) is 0 Å². The second-order valence-corrected chi connectivity index (χ2v) is 6.41. The lowest BCUT2D eigenvalue weighted by Gasteiger charge is -2.28. The molecule has 0 saturated heterocycles. The maximum absolute atomic E-state index is 13.5. The number of phenols is 2. The summed E-state index contributed by atoms with van der Waals surface area (Å²) in [5.74, 6) is -2.46. The normalized spacial score (nSPS) is 14.7. The Bertz CT molecular complexity index is 1130. The maximum Gasteiger partial charge on any atom is 0.364 e. The molecule has 1 aliphatic heterocycles. The lowest BCUT2D eigenvalue weighted by atomic mass is 10.1. The van der Waals surface area contributed by atoms with E-state index in [1.807, 2.05) is 0 Å². The van der Waals surface area contributed by atoms with E-state index in [9.17, 15) is 24.6 Å². The number of quaternary nitrogens is 1. The van der Waals surface area contributed by atoms with Gasteiger partial charge in [-0.05, 0) is 24.3 Å². The van der Waals surface area contributed by atoms with Crippen molar-refractivity contribution in [2.75, 3.05) is 0 Å². The first-order valence-corrected chi connectivity index (χ1v) is 8.38. The second kappa shape index (κ2) is 6.04. The molecular formula is C21H15N2O5+. The summed E-state index contributed by atoms with van der Waals surface area (Å²) in [5.41, 5.74) is 5.90. The van der Waals surface area contributed by atoms with E-state index in [1.165, 1.54) is 36.4 Å². The van der Waals surface area contributed by atoms with Gasteiger partial charge < -0.3 is 15.9 Å². The number of nitrogens with two attached hydrogens (primary N) is 1. The van der Waals surface area contributed by atoms with Crippen LogP contribution in [0.15, 0.2) is 66.7 Å². The third kappa shape index (κ3) is 2.23. The molecule has 0 fully saturated rings. The SMILES string of the molecule is NC(=O)c1ccc([N+]2(c3cccc(O)c3)C(=O)c3ccccc3C2=O)cc1O. The molecule has 28 heavy (non-hydrogen) atoms. The van der Waals surface area contributed by atoms with Crippen LogP contribution in [0.5, 0.6) is 11.5 Å². The summed E-state index contributed by atoms with van der Waals surface area (Å²) >= 11 is 0. The van der Waals surface area contributed by atoms with Crippen LogP contribution < -0.4 is 10.2 Å². The summed E-state index contributed by atoms with van der Waals surface area (Å²) in [6.45, 7) is 0. The Kier molecular flexibility index (Phi) is 3.76. The van der Waals surface area contributed by atoms with Crippen LogP contribution >= 0.6 is 0 Å². The summed E-state index contributed by atoms with van der Waals surface area (Å²) in [7, 11) is 0. The van der Waals surface area contributed by atoms with Gasteiger partial charge in [-0.2, -0.15) is 0 Å². The van der Waals surface area contributed by atoms with E-state index in [2.05, 4.69) is 0 Å². The highest BCUT2D eigenvalue weighted by Crippen LogP contribution is 2.45. The molecule has 0 aliphatic carbocycles. The van der Waals surface area contributed by atoms with E-state index in [-0.39, 0.29) is 33.8 Å². The molecule has 3 aromatic carbocycles. The molecule has 0 saturated carbocycles. The average Bonchev–Trinajstić information content (AvgIpc) is 2.90. The van der Waals surface area contributed by atoms with Crippen molar-refractivity contribution in [3.8, 4) is 11.5 Å². The predicted octanol–water partition coefficient (Wildman–Crippen LogP) is 2.83. The molecule has 0 atom stereocenters. The van der Waals surface area contributed by atoms with Gasteiger partial charge in [0.05, 0.1) is 16.7 Å². The molecule has 0 bridgehead atoms. The number of fused-ring (bicyclic) bond motifs is 1. The molecule has 7 nitrogen and oxygen atoms in total. The summed E-state index contributed by atoms with van der Waals surface area (Å²) < 4.78 is -0.889. The molecule has 3 amide bonds. The smallest absolute Gasteiger partial charge is 0.364 e. The zero-order chi connectivity index (χ0) is 20.1. The maximum atomic E-state index is 13.5. The topological polar surface area (TPSA) is 118 Å². The van der Waals surface area contributed by atoms with Crippen LogP contribution in [0.1, 0.15) is 31.1 Å². The Balaban J connectivity index is 2.06. The van der Waals surface area contributed by atoms with Gasteiger partial charge in [0.1, 0.15) is 11.5 Å². The Morgan fingerprint density at radius 1 is 0.786 bits per heavy atom. The average molecular weight is 375 g/mol. The predicted molar refractivity (Wildman–Crippen MR) is 101 cm³/mol. The first kappa shape index (κ1) is 17.4. The first-order chi connectivity index (χ1) is 13.4. The van der Waals surface area contributed by atoms with Gasteiger partial charge in [0.2, 0.25) is 0 Å². The minimum atomic E-state index is -0.889. The Labute approximate surface area is 159 Å². The monoisotopic (exact) mass is 375 g/mol. The number of primary amides is 1. The summed E-state index contributed by atoms with van der Waals surface area (Å²) in [6, 6.07) is 16.0. The second-order valence-electron chi connectivity index (χ2n) is 6.41. The van der Waals surface area contributed by atoms with E-state index < -0.39 is 28.0 Å². The zero-order valence-electron chi connectivity index (χ0n) is 14.5. The van der Waals surface area contributed by atoms with E-state index in [0.29, 0.717) is 0 Å². The number of carbonyl (C=O) groups excluding carboxylic acids is 3. The molecular weight excluding hydrogens is 360 g/mol. The lowest BCUT2D eigenvalue weighted by Crippen LogP contribution is -2.49. The highest BCUT2D eigenvalue weighted by molar-refractivity contribution is 6.33. The molecule has 0 unspecified atom stereocenters. The van der Waals surface area contributed by atoms with Crippen molar-refractivity contribution in [3.05, 3.63) is 83.4 Å². The largest absolute Gasteiger partial charge is 0.508 e. The number of rotatable bonds is 3. The molecule has 7 heteroatoms. The van der Waals surface area contributed by atoms with E-state index in [0.717, 1.165) is 0 Å². The Morgan fingerprint density at radius 2 is 1.39 bits per heavy atom. The minimum absolute atomic E-state index is 0.121. The Hall–Kier alpha value is -3.97. The zero-order valence-corrected chi connectivity index (χ0v) is 14.5. The van der Waals surface area contributed by atoms with E-state index in [1.54, 1.807) is 30.3 Å². The van der Waals surface area contributed by atoms with Gasteiger partial charge >= 0.3 is 11.8 Å². The van der Waals surface area contributed by atoms with Gasteiger partial charge in [-0.25, -0.2) is 9.59 Å². The number of nitrogens with zero attached hydrogens (tertiary/aromatic N) is 1. The van der Waals surface area contributed by atoms with Crippen molar-refractivity contribution in [2.24, 2.45) is 5.73 Å². The molecule has 3 aromatic rings. The van der Waals surface area contributed by atoms with Gasteiger partial charge in [0, 0.05) is 24.3 Å². The van der Waals surface area contributed by atoms with Crippen LogP contribution in [0.4, 0.5) is 11.4 Å². The number of carbonyl (C=O) groups is 3. The molecule has 4 rings (SSSR count). The van der Waals surface area contributed by atoms with E-state index >= 15 is 0 Å². The molecule has 0 spiro atoms. The summed E-state index contributed by atoms with van der Waals surface area (Å²) in [6.07, 6.45) is 0. The van der Waals surface area contributed by atoms with Crippen LogP contribution in [0.25, 0.3) is 0 Å². The van der Waals surface area contributed by atoms with Crippen LogP contribution in [0.2, 0.25) is 0 Å². The lowest BCUT2D eigenvalue weighted by molar-refractivity contribution is 0.0735. The van der Waals surface area contributed by atoms with Gasteiger partial charge in [-0.3, -0.25) is 4.79 Å². The van der Waals surface area contributed by atoms with Crippen molar-refractivity contribution < 1.29 is 24.6 Å². The third-order valence-electron chi connectivity index (χ3n) is 4.85. The van der Waals surface area contributed by atoms with Gasteiger partial charge in [0.25, 0.3) is 5.91 Å². The number of benzene rings is 3. The number of phenolic OH excluding ortho intramolecular Hbond substituents is 1. The molecule has 1 aliphatic rings. The fourth-order valence-electron chi connectivity index (χ4n) is 3.57. The summed E-state index contributed by atoms with van der Waals surface area (Å²) in [5, 5.41) is 20.2. The van der Waals surface area contributed by atoms with Crippen molar-refractivity contribution in [1.29, 1.82) is 0 Å². The van der Waals surface area contributed by atoms with E-state index in [4.69, 9.17) is 5.73 Å². The highest BCUT2D eigenvalue weighted by Gasteiger charge is 2.57. The molecule has 0 radical (unpaired) electrons. The van der Waals surface area contributed by atoms with Gasteiger partial charge in [-0.15, -0.1) is 4.48 Å². The van der Waals surface area contributed by atoms with Gasteiger partial charge in [0.15, 0.2) is 11.4 Å². The summed E-state index contributed by atoms with van der Waals surface area (Å²) in [4.78, 5) is 38.4. The van der Waals surface area contributed by atoms with Crippen molar-refractivity contribution in [3.63, 3.8) is 0 Å². The van der Waals surface area contributed by atoms with Gasteiger partial charge in [-0.1, -0.05) is 18.2 Å². The fourth-order valence-corrected chi connectivity index (χ4v) is 3.57. The number of amides is 3. The van der Waals surface area contributed by atoms with Crippen LogP contribution in [-0.4, -0.2) is 27.9 Å². The Morgan fingerprint density at radius 3 is 1.93 bits per heavy atom.